The van der Waals surface area contributed by atoms with Gasteiger partial charge in [-0.2, -0.15) is 10.5 Å². The Balaban J connectivity index is 0.925. The van der Waals surface area contributed by atoms with Gasteiger partial charge in [0.1, 0.15) is 0 Å². The highest BCUT2D eigenvalue weighted by atomic mass is 15.2. The lowest BCUT2D eigenvalue weighted by molar-refractivity contribution is 1.28. The maximum atomic E-state index is 9.81. The van der Waals surface area contributed by atoms with Crippen LogP contribution in [0.1, 0.15) is 11.1 Å². The third-order valence-electron chi connectivity index (χ3n) is 18.8. The highest BCUT2D eigenvalue weighted by Gasteiger charge is 2.25. The lowest BCUT2D eigenvalue weighted by Crippen LogP contribution is -2.10. The van der Waals surface area contributed by atoms with Crippen molar-refractivity contribution in [1.82, 2.24) is 0 Å². The van der Waals surface area contributed by atoms with Gasteiger partial charge in [0.25, 0.3) is 0 Å². The number of anilines is 12. The van der Waals surface area contributed by atoms with Gasteiger partial charge >= 0.3 is 0 Å². The number of hydrogen-bond donors (Lipinski definition) is 0. The maximum absolute atomic E-state index is 9.81. The standard InChI is InChI=1S/C92H60N6/c93-61-63-31-33-67-55-73-57-83(45-39-69(73)53-71(67)51-63)97(79-27-15-5-16-28-79)85-48-50-88-89(59-85)91(65-35-41-81(42-36-65)95(75-19-7-1-8-20-75)76-21-9-2-10-22-76)87-49-47-86(60-90(87)92(88)66-37-43-82(44-38-66)96(77-23-11-3-12-24-77)78-25-13-4-14-26-78)98(80-29-17-6-18-30-80)84-46-40-70-54-72-52-64(62-94)32-34-68(72)56-74(70)58-84/h1-60H. The first-order valence-corrected chi connectivity index (χ1v) is 33.0. The molecule has 17 aromatic carbocycles. The van der Waals surface area contributed by atoms with E-state index in [-0.39, 0.29) is 0 Å². The van der Waals surface area contributed by atoms with Crippen LogP contribution in [0.5, 0.6) is 0 Å². The molecule has 0 unspecified atom stereocenters. The van der Waals surface area contributed by atoms with Crippen LogP contribution in [0.25, 0.3) is 86.9 Å². The van der Waals surface area contributed by atoms with Crippen LogP contribution in [0.4, 0.5) is 68.2 Å². The predicted octanol–water partition coefficient (Wildman–Crippen LogP) is 25.6. The van der Waals surface area contributed by atoms with Gasteiger partial charge in [-0.05, 0) is 281 Å². The van der Waals surface area contributed by atoms with E-state index in [0.29, 0.717) is 11.1 Å². The average molecular weight is 1250 g/mol. The first kappa shape index (κ1) is 58.3. The van der Waals surface area contributed by atoms with Crippen LogP contribution in [0, 0.1) is 22.7 Å². The number of fused-ring (bicyclic) bond motifs is 6. The molecule has 0 amide bonds. The van der Waals surface area contributed by atoms with Crippen LogP contribution in [-0.4, -0.2) is 0 Å². The van der Waals surface area contributed by atoms with Crippen LogP contribution in [0.3, 0.4) is 0 Å². The first-order valence-electron chi connectivity index (χ1n) is 33.0. The molecule has 0 heterocycles. The molecular weight excluding hydrogens is 1190 g/mol. The Morgan fingerprint density at radius 1 is 0.173 bits per heavy atom. The Bertz CT molecular complexity index is 5490. The van der Waals surface area contributed by atoms with Crippen LogP contribution < -0.4 is 19.6 Å². The van der Waals surface area contributed by atoms with Gasteiger partial charge in [0.2, 0.25) is 0 Å². The molecule has 0 radical (unpaired) electrons. The summed E-state index contributed by atoms with van der Waals surface area (Å²) in [6.07, 6.45) is 0. The number of rotatable bonds is 14. The molecule has 98 heavy (non-hydrogen) atoms. The second kappa shape index (κ2) is 25.1. The van der Waals surface area contributed by atoms with E-state index in [4.69, 9.17) is 0 Å². The molecule has 0 N–H and O–H groups in total. The van der Waals surface area contributed by atoms with E-state index in [0.717, 1.165) is 155 Å². The molecular formula is C92H60N6. The smallest absolute Gasteiger partial charge is 0.0991 e. The average Bonchev–Trinajstić information content (AvgIpc) is 0.723. The third kappa shape index (κ3) is 10.9. The highest BCUT2D eigenvalue weighted by molar-refractivity contribution is 6.23. The van der Waals surface area contributed by atoms with Gasteiger partial charge in [-0.3, -0.25) is 0 Å². The molecule has 0 aliphatic carbocycles. The molecule has 0 aromatic heterocycles. The Kier molecular flexibility index (Phi) is 14.9. The number of nitriles is 2. The molecule has 0 atom stereocenters. The highest BCUT2D eigenvalue weighted by Crippen LogP contribution is 2.50. The molecule has 0 aliphatic rings. The predicted molar refractivity (Wildman–Crippen MR) is 411 cm³/mol. The largest absolute Gasteiger partial charge is 0.311 e. The molecule has 6 nitrogen and oxygen atoms in total. The second-order valence-corrected chi connectivity index (χ2v) is 24.8. The molecule has 0 bridgehead atoms. The van der Waals surface area contributed by atoms with Gasteiger partial charge in [0, 0.05) is 68.2 Å². The van der Waals surface area contributed by atoms with Crippen molar-refractivity contribution in [2.75, 3.05) is 19.6 Å². The van der Waals surface area contributed by atoms with Crippen LogP contribution >= 0.6 is 0 Å². The Morgan fingerprint density at radius 2 is 0.408 bits per heavy atom. The van der Waals surface area contributed by atoms with Crippen molar-refractivity contribution in [3.63, 3.8) is 0 Å². The molecule has 0 spiro atoms. The molecule has 17 rings (SSSR count). The summed E-state index contributed by atoms with van der Waals surface area (Å²) in [5, 5.41) is 32.6. The fourth-order valence-electron chi connectivity index (χ4n) is 14.3. The SMILES string of the molecule is N#Cc1ccc2cc3cc(N(c4ccccc4)c4ccc5c(-c6ccc(N(c7ccccc7)c7ccccc7)cc6)c6cc(N(c7ccccc7)c7ccc8cc9cc(C#N)ccc9cc8c7)ccc6c(-c6ccc(N(c7ccccc7)c7ccccc7)cc6)c5c4)ccc3cc2c1. The number of hydrogen-bond acceptors (Lipinski definition) is 6. The lowest BCUT2D eigenvalue weighted by Gasteiger charge is -2.29. The summed E-state index contributed by atoms with van der Waals surface area (Å²) in [7, 11) is 0. The zero-order chi connectivity index (χ0) is 65.5. The number of nitrogens with zero attached hydrogens (tertiary/aromatic N) is 6. The molecule has 0 aliphatic heterocycles. The Hall–Kier alpha value is -13.5. The molecule has 6 heteroatoms. The van der Waals surface area contributed by atoms with Gasteiger partial charge in [-0.1, -0.05) is 170 Å². The van der Waals surface area contributed by atoms with E-state index in [9.17, 15) is 10.5 Å². The van der Waals surface area contributed by atoms with E-state index in [1.165, 1.54) is 0 Å². The topological polar surface area (TPSA) is 60.5 Å². The minimum Gasteiger partial charge on any atom is -0.311 e. The first-order chi connectivity index (χ1) is 48.5. The van der Waals surface area contributed by atoms with Crippen LogP contribution in [0.2, 0.25) is 0 Å². The summed E-state index contributed by atoms with van der Waals surface area (Å²) >= 11 is 0. The van der Waals surface area contributed by atoms with Crippen molar-refractivity contribution in [2.24, 2.45) is 0 Å². The summed E-state index contributed by atoms with van der Waals surface area (Å²) in [6, 6.07) is 135. The Labute approximate surface area is 569 Å². The normalized spacial score (nSPS) is 11.2. The summed E-state index contributed by atoms with van der Waals surface area (Å²) in [6.45, 7) is 0. The summed E-state index contributed by atoms with van der Waals surface area (Å²) in [5.41, 5.74) is 18.1. The molecule has 458 valence electrons. The molecule has 17 aromatic rings. The van der Waals surface area contributed by atoms with Gasteiger partial charge in [0.05, 0.1) is 23.3 Å². The fourth-order valence-corrected chi connectivity index (χ4v) is 14.3. The number of para-hydroxylation sites is 6. The maximum Gasteiger partial charge on any atom is 0.0991 e. The number of benzene rings is 17. The molecule has 0 fully saturated rings. The van der Waals surface area contributed by atoms with Gasteiger partial charge < -0.3 is 19.6 Å². The molecule has 0 saturated heterocycles. The summed E-state index contributed by atoms with van der Waals surface area (Å²) in [4.78, 5) is 9.39. The quantitative estimate of drug-likeness (QED) is 0.101. The fraction of sp³-hybridized carbons (Fsp3) is 0. The van der Waals surface area contributed by atoms with E-state index < -0.39 is 0 Å². The summed E-state index contributed by atoms with van der Waals surface area (Å²) in [5.74, 6) is 0. The Morgan fingerprint density at radius 3 is 0.704 bits per heavy atom. The van der Waals surface area contributed by atoms with Crippen molar-refractivity contribution >= 4 is 133 Å². The minimum absolute atomic E-state index is 0.644. The van der Waals surface area contributed by atoms with E-state index in [1.807, 2.05) is 36.4 Å². The lowest BCUT2D eigenvalue weighted by atomic mass is 9.85. The van der Waals surface area contributed by atoms with Crippen LogP contribution in [-0.2, 0) is 0 Å². The summed E-state index contributed by atoms with van der Waals surface area (Å²) < 4.78 is 0. The monoisotopic (exact) mass is 1250 g/mol. The second-order valence-electron chi connectivity index (χ2n) is 24.8. The van der Waals surface area contributed by atoms with E-state index in [2.05, 4.69) is 359 Å². The minimum atomic E-state index is 0.644. The van der Waals surface area contributed by atoms with Crippen LogP contribution in [0.15, 0.2) is 364 Å². The van der Waals surface area contributed by atoms with Gasteiger partial charge in [-0.25, -0.2) is 0 Å². The van der Waals surface area contributed by atoms with E-state index in [1.54, 1.807) is 0 Å². The van der Waals surface area contributed by atoms with Gasteiger partial charge in [0.15, 0.2) is 0 Å². The van der Waals surface area contributed by atoms with Crippen molar-refractivity contribution in [2.45, 2.75) is 0 Å². The zero-order valence-electron chi connectivity index (χ0n) is 53.3. The van der Waals surface area contributed by atoms with E-state index >= 15 is 0 Å². The van der Waals surface area contributed by atoms with Crippen molar-refractivity contribution in [3.8, 4) is 34.4 Å². The van der Waals surface area contributed by atoms with Crippen molar-refractivity contribution in [1.29, 1.82) is 10.5 Å². The zero-order valence-corrected chi connectivity index (χ0v) is 53.3. The van der Waals surface area contributed by atoms with Crippen molar-refractivity contribution < 1.29 is 0 Å². The third-order valence-corrected chi connectivity index (χ3v) is 18.8. The molecule has 0 saturated carbocycles. The van der Waals surface area contributed by atoms with Gasteiger partial charge in [-0.15, -0.1) is 0 Å². The van der Waals surface area contributed by atoms with Crippen molar-refractivity contribution in [3.05, 3.63) is 375 Å².